The van der Waals surface area contributed by atoms with Gasteiger partial charge in [-0.25, -0.2) is 4.39 Å². The number of phenolic OH excluding ortho intramolecular Hbond substituents is 1. The smallest absolute Gasteiger partial charge is 0.165 e. The molecule has 4 heteroatoms. The third-order valence-corrected chi connectivity index (χ3v) is 3.15. The molecule has 106 valence electrons. The summed E-state index contributed by atoms with van der Waals surface area (Å²) in [4.78, 5) is 0. The maximum absolute atomic E-state index is 13.2. The first-order valence-corrected chi connectivity index (χ1v) is 6.54. The largest absolute Gasteiger partial charge is 0.505 e. The van der Waals surface area contributed by atoms with Crippen LogP contribution in [0.15, 0.2) is 48.5 Å². The molecule has 0 saturated carbocycles. The average Bonchev–Trinajstić information content (AvgIpc) is 2.48. The van der Waals surface area contributed by atoms with Gasteiger partial charge >= 0.3 is 0 Å². The predicted octanol–water partition coefficient (Wildman–Crippen LogP) is 2.22. The molecule has 0 bridgehead atoms. The quantitative estimate of drug-likeness (QED) is 0.757. The van der Waals surface area contributed by atoms with Crippen LogP contribution in [0, 0.1) is 5.82 Å². The number of aromatic hydroxyl groups is 1. The number of halogens is 1. The molecule has 0 radical (unpaired) electrons. The van der Waals surface area contributed by atoms with Crippen LogP contribution >= 0.6 is 0 Å². The minimum Gasteiger partial charge on any atom is -0.505 e. The molecule has 0 fully saturated rings. The van der Waals surface area contributed by atoms with E-state index in [-0.39, 0.29) is 18.4 Å². The molecular formula is C16H18FNO2. The second-order valence-electron chi connectivity index (χ2n) is 4.74. The molecule has 20 heavy (non-hydrogen) atoms. The van der Waals surface area contributed by atoms with Gasteiger partial charge in [0.2, 0.25) is 0 Å². The highest BCUT2D eigenvalue weighted by Gasteiger charge is 2.08. The summed E-state index contributed by atoms with van der Waals surface area (Å²) in [5, 5.41) is 21.7. The number of aliphatic hydroxyl groups excluding tert-OH is 1. The molecule has 0 aliphatic heterocycles. The first kappa shape index (κ1) is 14.5. The van der Waals surface area contributed by atoms with E-state index in [0.717, 1.165) is 11.1 Å². The number of hydrogen-bond acceptors (Lipinski definition) is 3. The first-order valence-electron chi connectivity index (χ1n) is 6.54. The molecule has 0 saturated heterocycles. The second-order valence-corrected chi connectivity index (χ2v) is 4.74. The lowest BCUT2D eigenvalue weighted by Gasteiger charge is -2.16. The van der Waals surface area contributed by atoms with Crippen LogP contribution < -0.4 is 5.32 Å². The molecule has 0 unspecified atom stereocenters. The van der Waals surface area contributed by atoms with E-state index in [2.05, 4.69) is 5.32 Å². The van der Waals surface area contributed by atoms with Crippen LogP contribution in [-0.2, 0) is 13.0 Å². The molecule has 0 aliphatic carbocycles. The van der Waals surface area contributed by atoms with Gasteiger partial charge in [0.15, 0.2) is 11.6 Å². The van der Waals surface area contributed by atoms with Crippen molar-refractivity contribution in [1.82, 2.24) is 5.32 Å². The Morgan fingerprint density at radius 1 is 1.05 bits per heavy atom. The Kier molecular flexibility index (Phi) is 5.09. The van der Waals surface area contributed by atoms with Gasteiger partial charge in [-0.15, -0.1) is 0 Å². The fourth-order valence-corrected chi connectivity index (χ4v) is 2.02. The molecule has 0 heterocycles. The zero-order valence-corrected chi connectivity index (χ0v) is 11.1. The number of benzene rings is 2. The Hall–Kier alpha value is -1.91. The molecule has 1 atom stereocenters. The van der Waals surface area contributed by atoms with Gasteiger partial charge in [0.05, 0.1) is 6.61 Å². The van der Waals surface area contributed by atoms with Crippen molar-refractivity contribution in [2.24, 2.45) is 0 Å². The van der Waals surface area contributed by atoms with Crippen LogP contribution in [0.3, 0.4) is 0 Å². The van der Waals surface area contributed by atoms with Gasteiger partial charge in [-0.05, 0) is 29.7 Å². The Bertz CT molecular complexity index is 545. The highest BCUT2D eigenvalue weighted by Crippen LogP contribution is 2.16. The molecule has 0 aliphatic rings. The Labute approximate surface area is 117 Å². The molecule has 0 spiro atoms. The van der Waals surface area contributed by atoms with Crippen LogP contribution in [0.2, 0.25) is 0 Å². The molecule has 0 amide bonds. The van der Waals surface area contributed by atoms with Gasteiger partial charge in [0.25, 0.3) is 0 Å². The maximum Gasteiger partial charge on any atom is 0.165 e. The van der Waals surface area contributed by atoms with Crippen LogP contribution in [0.5, 0.6) is 5.75 Å². The molecule has 3 nitrogen and oxygen atoms in total. The first-order chi connectivity index (χ1) is 9.69. The minimum atomic E-state index is -0.632. The molecule has 2 aromatic carbocycles. The minimum absolute atomic E-state index is 0.00938. The highest BCUT2D eigenvalue weighted by molar-refractivity contribution is 5.28. The van der Waals surface area contributed by atoms with Crippen molar-refractivity contribution in [3.05, 3.63) is 65.5 Å². The Morgan fingerprint density at radius 3 is 2.45 bits per heavy atom. The average molecular weight is 275 g/mol. The van der Waals surface area contributed by atoms with E-state index in [4.69, 9.17) is 5.11 Å². The zero-order chi connectivity index (χ0) is 14.4. The summed E-state index contributed by atoms with van der Waals surface area (Å²) in [6.07, 6.45) is 0.706. The van der Waals surface area contributed by atoms with Gasteiger partial charge < -0.3 is 15.5 Å². The van der Waals surface area contributed by atoms with Crippen molar-refractivity contribution < 1.29 is 14.6 Å². The van der Waals surface area contributed by atoms with Gasteiger partial charge in [0.1, 0.15) is 0 Å². The maximum atomic E-state index is 13.2. The van der Waals surface area contributed by atoms with Crippen LogP contribution in [0.25, 0.3) is 0 Å². The van der Waals surface area contributed by atoms with Gasteiger partial charge in [-0.1, -0.05) is 36.4 Å². The number of nitrogens with one attached hydrogen (secondary N) is 1. The van der Waals surface area contributed by atoms with E-state index in [1.54, 1.807) is 6.07 Å². The fourth-order valence-electron chi connectivity index (χ4n) is 2.02. The number of rotatable bonds is 6. The summed E-state index contributed by atoms with van der Waals surface area (Å²) >= 11 is 0. The van der Waals surface area contributed by atoms with Gasteiger partial charge in [0, 0.05) is 12.6 Å². The van der Waals surface area contributed by atoms with E-state index < -0.39 is 5.82 Å². The lowest BCUT2D eigenvalue weighted by atomic mass is 10.1. The highest BCUT2D eigenvalue weighted by atomic mass is 19.1. The van der Waals surface area contributed by atoms with Crippen molar-refractivity contribution in [1.29, 1.82) is 0 Å². The lowest BCUT2D eigenvalue weighted by molar-refractivity contribution is 0.240. The summed E-state index contributed by atoms with van der Waals surface area (Å²) in [6.45, 7) is 0.449. The summed E-state index contributed by atoms with van der Waals surface area (Å²) in [6, 6.07) is 14.1. The number of aliphatic hydroxyl groups is 1. The third kappa shape index (κ3) is 4.05. The van der Waals surface area contributed by atoms with Crippen molar-refractivity contribution >= 4 is 0 Å². The van der Waals surface area contributed by atoms with Crippen molar-refractivity contribution in [2.45, 2.75) is 19.0 Å². The van der Waals surface area contributed by atoms with E-state index >= 15 is 0 Å². The van der Waals surface area contributed by atoms with Gasteiger partial charge in [-0.3, -0.25) is 0 Å². The normalized spacial score (nSPS) is 12.3. The summed E-state index contributed by atoms with van der Waals surface area (Å²) in [5.41, 5.74) is 1.86. The Balaban J connectivity index is 1.92. The van der Waals surface area contributed by atoms with E-state index in [9.17, 15) is 9.50 Å². The fraction of sp³-hybridized carbons (Fsp3) is 0.250. The van der Waals surface area contributed by atoms with Crippen LogP contribution in [0.1, 0.15) is 11.1 Å². The van der Waals surface area contributed by atoms with Crippen molar-refractivity contribution in [3.63, 3.8) is 0 Å². The predicted molar refractivity (Wildman–Crippen MR) is 75.9 cm³/mol. The summed E-state index contributed by atoms with van der Waals surface area (Å²) in [5.74, 6) is -0.982. The molecule has 3 N–H and O–H groups in total. The molecule has 2 aromatic rings. The van der Waals surface area contributed by atoms with Crippen LogP contribution in [-0.4, -0.2) is 22.9 Å². The second kappa shape index (κ2) is 7.03. The molecule has 2 rings (SSSR count). The van der Waals surface area contributed by atoms with Crippen molar-refractivity contribution in [2.75, 3.05) is 6.61 Å². The number of phenols is 1. The van der Waals surface area contributed by atoms with E-state index in [1.807, 2.05) is 30.3 Å². The SMILES string of the molecule is OC[C@@H](Cc1ccccc1)NCc1ccc(O)c(F)c1. The zero-order valence-electron chi connectivity index (χ0n) is 11.1. The standard InChI is InChI=1S/C16H18FNO2/c17-15-9-13(6-7-16(15)20)10-18-14(11-19)8-12-4-2-1-3-5-12/h1-7,9,14,18-20H,8,10-11H2/t14-/m1/s1. The summed E-state index contributed by atoms with van der Waals surface area (Å²) in [7, 11) is 0. The van der Waals surface area contributed by atoms with Crippen molar-refractivity contribution in [3.8, 4) is 5.75 Å². The van der Waals surface area contributed by atoms with E-state index in [0.29, 0.717) is 13.0 Å². The lowest BCUT2D eigenvalue weighted by Crippen LogP contribution is -2.34. The molecular weight excluding hydrogens is 257 g/mol. The van der Waals surface area contributed by atoms with E-state index in [1.165, 1.54) is 12.1 Å². The molecule has 0 aromatic heterocycles. The monoisotopic (exact) mass is 275 g/mol. The van der Waals surface area contributed by atoms with Gasteiger partial charge in [-0.2, -0.15) is 0 Å². The topological polar surface area (TPSA) is 52.5 Å². The number of hydrogen-bond donors (Lipinski definition) is 3. The summed E-state index contributed by atoms with van der Waals surface area (Å²) < 4.78 is 13.2. The Morgan fingerprint density at radius 2 is 1.80 bits per heavy atom. The van der Waals surface area contributed by atoms with Crippen LogP contribution in [0.4, 0.5) is 4.39 Å². The third-order valence-electron chi connectivity index (χ3n) is 3.15.